The first-order chi connectivity index (χ1) is 12.0. The minimum atomic E-state index is -2.51. The van der Waals surface area contributed by atoms with E-state index in [0.717, 1.165) is 11.6 Å². The Hall–Kier alpha value is -2.67. The smallest absolute Gasteiger partial charge is 0.355 e. The molecule has 1 aliphatic rings. The van der Waals surface area contributed by atoms with Gasteiger partial charge in [-0.05, 0) is 29.5 Å². The topological polar surface area (TPSA) is 110 Å². The van der Waals surface area contributed by atoms with Crippen molar-refractivity contribution in [3.63, 3.8) is 0 Å². The van der Waals surface area contributed by atoms with Gasteiger partial charge in [0.2, 0.25) is 6.10 Å². The Labute approximate surface area is 151 Å². The van der Waals surface area contributed by atoms with Gasteiger partial charge in [-0.1, -0.05) is 45.0 Å². The van der Waals surface area contributed by atoms with Crippen LogP contribution in [0.3, 0.4) is 0 Å². The molecule has 0 bridgehead atoms. The highest BCUT2D eigenvalue weighted by molar-refractivity contribution is 6.21. The molecular weight excluding hydrogens is 340 g/mol. The number of aliphatic carboxylic acids is 1. The molecule has 0 aliphatic carbocycles. The van der Waals surface area contributed by atoms with Crippen LogP contribution in [0.25, 0.3) is 5.57 Å². The van der Waals surface area contributed by atoms with Crippen LogP contribution in [0.4, 0.5) is 0 Å². The summed E-state index contributed by atoms with van der Waals surface area (Å²) in [5, 5.41) is 19.6. The molecule has 2 N–H and O–H groups in total. The number of carboxylic acids is 1. The third kappa shape index (κ3) is 3.48. The number of carboxylic acid groups (broad SMARTS) is 1. The second-order valence-electron chi connectivity index (χ2n) is 7.03. The molecular formula is C19H22O7. The molecule has 0 saturated heterocycles. The van der Waals surface area contributed by atoms with Crippen LogP contribution >= 0.6 is 0 Å². The summed E-state index contributed by atoms with van der Waals surface area (Å²) >= 11 is 0. The molecule has 1 heterocycles. The molecule has 140 valence electrons. The first-order valence-electron chi connectivity index (χ1n) is 8.18. The summed E-state index contributed by atoms with van der Waals surface area (Å²) in [6, 6.07) is 6.99. The SMILES string of the molecule is CCOC(=O)C(O)C1(C(=O)O)C=C(c2ccc(C(C)(C)C)cc2)C(=O)O1. The van der Waals surface area contributed by atoms with Gasteiger partial charge in [0.05, 0.1) is 12.2 Å². The Morgan fingerprint density at radius 1 is 1.23 bits per heavy atom. The maximum atomic E-state index is 12.2. The van der Waals surface area contributed by atoms with E-state index in [1.54, 1.807) is 12.1 Å². The average molecular weight is 362 g/mol. The zero-order valence-electron chi connectivity index (χ0n) is 15.1. The van der Waals surface area contributed by atoms with Crippen molar-refractivity contribution >= 4 is 23.5 Å². The van der Waals surface area contributed by atoms with Gasteiger partial charge in [-0.15, -0.1) is 0 Å². The fraction of sp³-hybridized carbons (Fsp3) is 0.421. The maximum absolute atomic E-state index is 12.2. The van der Waals surface area contributed by atoms with Crippen molar-refractivity contribution in [1.82, 2.24) is 0 Å². The number of hydrogen-bond acceptors (Lipinski definition) is 6. The fourth-order valence-corrected chi connectivity index (χ4v) is 2.62. The summed E-state index contributed by atoms with van der Waals surface area (Å²) in [7, 11) is 0. The van der Waals surface area contributed by atoms with Crippen LogP contribution in [0.1, 0.15) is 38.8 Å². The Balaban J connectivity index is 2.44. The number of carbonyl (C=O) groups excluding carboxylic acids is 2. The number of carbonyl (C=O) groups is 3. The van der Waals surface area contributed by atoms with E-state index in [1.165, 1.54) is 6.92 Å². The van der Waals surface area contributed by atoms with Crippen LogP contribution in [0.15, 0.2) is 30.3 Å². The lowest BCUT2D eigenvalue weighted by atomic mass is 9.86. The summed E-state index contributed by atoms with van der Waals surface area (Å²) in [5.41, 5.74) is -1.17. The van der Waals surface area contributed by atoms with Gasteiger partial charge in [0.15, 0.2) is 0 Å². The number of hydrogen-bond donors (Lipinski definition) is 2. The fourth-order valence-electron chi connectivity index (χ4n) is 2.62. The Morgan fingerprint density at radius 3 is 2.27 bits per heavy atom. The van der Waals surface area contributed by atoms with E-state index in [2.05, 4.69) is 4.74 Å². The summed E-state index contributed by atoms with van der Waals surface area (Å²) in [6.45, 7) is 7.57. The molecule has 0 aromatic heterocycles. The average Bonchev–Trinajstić information content (AvgIpc) is 2.92. The van der Waals surface area contributed by atoms with Gasteiger partial charge in [-0.2, -0.15) is 0 Å². The van der Waals surface area contributed by atoms with Gasteiger partial charge in [-0.25, -0.2) is 14.4 Å². The molecule has 0 radical (unpaired) electrons. The van der Waals surface area contributed by atoms with Crippen LogP contribution in [-0.4, -0.2) is 46.4 Å². The largest absolute Gasteiger partial charge is 0.478 e. The predicted molar refractivity (Wildman–Crippen MR) is 92.2 cm³/mol. The molecule has 0 fully saturated rings. The molecule has 2 atom stereocenters. The maximum Gasteiger partial charge on any atom is 0.355 e. The standard InChI is InChI=1S/C19H22O7/c1-5-25-16(22)14(20)19(17(23)24)10-13(15(21)26-19)11-6-8-12(9-7-11)18(2,3)4/h6-10,14,20H,5H2,1-4H3,(H,23,24). The van der Waals surface area contributed by atoms with E-state index < -0.39 is 29.6 Å². The molecule has 0 saturated carbocycles. The van der Waals surface area contributed by atoms with Crippen molar-refractivity contribution in [1.29, 1.82) is 0 Å². The molecule has 1 aromatic rings. The molecule has 1 aromatic carbocycles. The molecule has 26 heavy (non-hydrogen) atoms. The molecule has 7 heteroatoms. The van der Waals surface area contributed by atoms with Crippen molar-refractivity contribution < 1.29 is 34.1 Å². The van der Waals surface area contributed by atoms with Crippen molar-refractivity contribution in [3.05, 3.63) is 41.5 Å². The number of rotatable bonds is 5. The predicted octanol–water partition coefficient (Wildman–Crippen LogP) is 1.67. The normalized spacial score (nSPS) is 21.0. The monoisotopic (exact) mass is 362 g/mol. The third-order valence-corrected chi connectivity index (χ3v) is 4.15. The van der Waals surface area contributed by atoms with Gasteiger partial charge in [0, 0.05) is 0 Å². The Bertz CT molecular complexity index is 755. The third-order valence-electron chi connectivity index (χ3n) is 4.15. The highest BCUT2D eigenvalue weighted by atomic mass is 16.6. The zero-order chi connectivity index (χ0) is 19.7. The molecule has 2 rings (SSSR count). The van der Waals surface area contributed by atoms with Crippen molar-refractivity contribution in [2.75, 3.05) is 6.61 Å². The highest BCUT2D eigenvalue weighted by Crippen LogP contribution is 2.35. The summed E-state index contributed by atoms with van der Waals surface area (Å²) in [5.74, 6) is -3.77. The number of aliphatic hydroxyl groups excluding tert-OH is 1. The van der Waals surface area contributed by atoms with Crippen LogP contribution in [0.5, 0.6) is 0 Å². The lowest BCUT2D eigenvalue weighted by Gasteiger charge is -2.25. The molecule has 7 nitrogen and oxygen atoms in total. The van der Waals surface area contributed by atoms with Crippen LogP contribution in [-0.2, 0) is 29.3 Å². The summed E-state index contributed by atoms with van der Waals surface area (Å²) in [4.78, 5) is 35.7. The number of cyclic esters (lactones) is 1. The molecule has 0 spiro atoms. The Kier molecular flexibility index (Phi) is 5.23. The van der Waals surface area contributed by atoms with Crippen molar-refractivity contribution in [2.45, 2.75) is 44.8 Å². The van der Waals surface area contributed by atoms with Gasteiger partial charge < -0.3 is 19.7 Å². The van der Waals surface area contributed by atoms with Gasteiger partial charge in [0.1, 0.15) is 0 Å². The molecule has 0 amide bonds. The zero-order valence-corrected chi connectivity index (χ0v) is 15.1. The quantitative estimate of drug-likeness (QED) is 0.767. The number of esters is 2. The van der Waals surface area contributed by atoms with Crippen LogP contribution in [0.2, 0.25) is 0 Å². The highest BCUT2D eigenvalue weighted by Gasteiger charge is 2.56. The van der Waals surface area contributed by atoms with Gasteiger partial charge in [0.25, 0.3) is 5.60 Å². The first kappa shape index (κ1) is 19.7. The minimum absolute atomic E-state index is 0.0313. The number of aliphatic hydroxyl groups is 1. The molecule has 2 unspecified atom stereocenters. The summed E-state index contributed by atoms with van der Waals surface area (Å²) in [6.07, 6.45) is -1.21. The summed E-state index contributed by atoms with van der Waals surface area (Å²) < 4.78 is 9.57. The van der Waals surface area contributed by atoms with E-state index in [4.69, 9.17) is 4.74 Å². The van der Waals surface area contributed by atoms with Crippen LogP contribution in [0, 0.1) is 0 Å². The second kappa shape index (κ2) is 6.92. The van der Waals surface area contributed by atoms with E-state index in [1.807, 2.05) is 32.9 Å². The number of ether oxygens (including phenoxy) is 2. The lowest BCUT2D eigenvalue weighted by Crippen LogP contribution is -2.53. The minimum Gasteiger partial charge on any atom is -0.478 e. The Morgan fingerprint density at radius 2 is 1.81 bits per heavy atom. The van der Waals surface area contributed by atoms with Crippen LogP contribution < -0.4 is 0 Å². The van der Waals surface area contributed by atoms with E-state index in [-0.39, 0.29) is 17.6 Å². The first-order valence-corrected chi connectivity index (χ1v) is 8.18. The number of benzene rings is 1. The van der Waals surface area contributed by atoms with Crippen molar-refractivity contribution in [3.8, 4) is 0 Å². The molecule has 1 aliphatic heterocycles. The van der Waals surface area contributed by atoms with Crippen molar-refractivity contribution in [2.24, 2.45) is 0 Å². The van der Waals surface area contributed by atoms with E-state index in [9.17, 15) is 24.6 Å². The van der Waals surface area contributed by atoms with E-state index >= 15 is 0 Å². The van der Waals surface area contributed by atoms with E-state index in [0.29, 0.717) is 5.56 Å². The van der Waals surface area contributed by atoms with Gasteiger partial charge >= 0.3 is 17.9 Å². The van der Waals surface area contributed by atoms with Gasteiger partial charge in [-0.3, -0.25) is 0 Å². The lowest BCUT2D eigenvalue weighted by molar-refractivity contribution is -0.187. The second-order valence-corrected chi connectivity index (χ2v) is 7.03.